The summed E-state index contributed by atoms with van der Waals surface area (Å²) in [6.07, 6.45) is 6.09. The molecule has 1 fully saturated rings. The highest BCUT2D eigenvalue weighted by Crippen LogP contribution is 2.26. The van der Waals surface area contributed by atoms with Gasteiger partial charge in [-0.15, -0.1) is 0 Å². The molecule has 2 heterocycles. The van der Waals surface area contributed by atoms with Crippen molar-refractivity contribution in [1.82, 2.24) is 14.9 Å². The summed E-state index contributed by atoms with van der Waals surface area (Å²) >= 11 is 0. The van der Waals surface area contributed by atoms with E-state index in [2.05, 4.69) is 9.97 Å². The predicted octanol–water partition coefficient (Wildman–Crippen LogP) is 1.55. The lowest BCUT2D eigenvalue weighted by Gasteiger charge is -2.23. The van der Waals surface area contributed by atoms with Gasteiger partial charge in [0.2, 0.25) is 5.91 Å². The maximum absolute atomic E-state index is 12.1. The molecule has 1 aliphatic heterocycles. The van der Waals surface area contributed by atoms with Crippen LogP contribution in [0.5, 0.6) is 0 Å². The molecule has 138 valence electrons. The number of aromatic nitrogens is 2. The van der Waals surface area contributed by atoms with Crippen LogP contribution in [-0.4, -0.2) is 52.0 Å². The molecule has 0 radical (unpaired) electrons. The third kappa shape index (κ3) is 5.22. The smallest absolute Gasteiger partial charge is 0.306 e. The van der Waals surface area contributed by atoms with E-state index in [0.717, 1.165) is 18.4 Å². The number of hydrogen-bond acceptors (Lipinski definition) is 6. The minimum absolute atomic E-state index is 0.0127. The molecule has 1 aliphatic rings. The molecule has 1 aromatic heterocycles. The van der Waals surface area contributed by atoms with Crippen LogP contribution in [-0.2, 0) is 14.3 Å². The fourth-order valence-electron chi connectivity index (χ4n) is 3.29. The average molecular weight is 348 g/mol. The summed E-state index contributed by atoms with van der Waals surface area (Å²) in [5.74, 6) is 0.485. The number of aryl methyl sites for hydroxylation is 1. The number of carbonyl (C=O) groups excluding carboxylic acids is 2. The van der Waals surface area contributed by atoms with Gasteiger partial charge < -0.3 is 15.4 Å². The van der Waals surface area contributed by atoms with Gasteiger partial charge in [0.1, 0.15) is 5.82 Å². The standard InChI is InChI=1S/C18H28N4O3/c1-4-25-17(23)9-14(15-10-20-13(3)21-11-15)6-5-7-22-12(2)8-16(19)18(22)24/h10-12,14,16H,4-9,19H2,1-3H3/t12?,14-,16?/m0/s1. The van der Waals surface area contributed by atoms with Crippen LogP contribution in [0.25, 0.3) is 0 Å². The minimum Gasteiger partial charge on any atom is -0.466 e. The first kappa shape index (κ1) is 19.3. The number of hydrogen-bond donors (Lipinski definition) is 1. The largest absolute Gasteiger partial charge is 0.466 e. The Balaban J connectivity index is 1.97. The van der Waals surface area contributed by atoms with Gasteiger partial charge >= 0.3 is 5.97 Å². The molecule has 0 aromatic carbocycles. The zero-order valence-electron chi connectivity index (χ0n) is 15.3. The van der Waals surface area contributed by atoms with Crippen molar-refractivity contribution in [3.63, 3.8) is 0 Å². The third-order valence-electron chi connectivity index (χ3n) is 4.67. The molecule has 2 N–H and O–H groups in total. The Labute approximate surface area is 149 Å². The molecule has 25 heavy (non-hydrogen) atoms. The lowest BCUT2D eigenvalue weighted by molar-refractivity contribution is -0.143. The van der Waals surface area contributed by atoms with E-state index < -0.39 is 0 Å². The topological polar surface area (TPSA) is 98.4 Å². The van der Waals surface area contributed by atoms with Gasteiger partial charge in [0.15, 0.2) is 0 Å². The van der Waals surface area contributed by atoms with E-state index in [0.29, 0.717) is 31.8 Å². The van der Waals surface area contributed by atoms with Crippen molar-refractivity contribution in [2.75, 3.05) is 13.2 Å². The summed E-state index contributed by atoms with van der Waals surface area (Å²) in [5, 5.41) is 0. The summed E-state index contributed by atoms with van der Waals surface area (Å²) in [7, 11) is 0. The van der Waals surface area contributed by atoms with E-state index in [-0.39, 0.29) is 29.9 Å². The van der Waals surface area contributed by atoms with Crippen LogP contribution < -0.4 is 5.73 Å². The van der Waals surface area contributed by atoms with Gasteiger partial charge in [-0.05, 0) is 51.5 Å². The Kier molecular flexibility index (Phi) is 6.87. The fraction of sp³-hybridized carbons (Fsp3) is 0.667. The van der Waals surface area contributed by atoms with E-state index >= 15 is 0 Å². The molecule has 3 atom stereocenters. The third-order valence-corrected chi connectivity index (χ3v) is 4.67. The first-order chi connectivity index (χ1) is 11.9. The van der Waals surface area contributed by atoms with E-state index in [1.807, 2.05) is 18.7 Å². The highest BCUT2D eigenvalue weighted by atomic mass is 16.5. The lowest BCUT2D eigenvalue weighted by Crippen LogP contribution is -2.36. The molecular formula is C18H28N4O3. The molecule has 0 bridgehead atoms. The van der Waals surface area contributed by atoms with Crippen LogP contribution in [0, 0.1) is 6.92 Å². The quantitative estimate of drug-likeness (QED) is 0.716. The highest BCUT2D eigenvalue weighted by molar-refractivity contribution is 5.84. The normalized spacial score (nSPS) is 21.4. The molecular weight excluding hydrogens is 320 g/mol. The average Bonchev–Trinajstić information content (AvgIpc) is 2.81. The van der Waals surface area contributed by atoms with Crippen LogP contribution in [0.4, 0.5) is 0 Å². The minimum atomic E-state index is -0.379. The summed E-state index contributed by atoms with van der Waals surface area (Å²) < 4.78 is 5.08. The molecule has 1 aromatic rings. The summed E-state index contributed by atoms with van der Waals surface area (Å²) in [4.78, 5) is 34.3. The van der Waals surface area contributed by atoms with Crippen molar-refractivity contribution >= 4 is 11.9 Å². The Hall–Kier alpha value is -2.02. The van der Waals surface area contributed by atoms with Crippen LogP contribution in [0.3, 0.4) is 0 Å². The summed E-state index contributed by atoms with van der Waals surface area (Å²) in [5.41, 5.74) is 6.75. The van der Waals surface area contributed by atoms with Gasteiger partial charge in [-0.2, -0.15) is 0 Å². The number of esters is 1. The van der Waals surface area contributed by atoms with E-state index in [1.54, 1.807) is 19.3 Å². The number of amides is 1. The Morgan fingerprint density at radius 2 is 2.12 bits per heavy atom. The fourth-order valence-corrected chi connectivity index (χ4v) is 3.29. The number of likely N-dealkylation sites (tertiary alicyclic amines) is 1. The summed E-state index contributed by atoms with van der Waals surface area (Å²) in [6, 6.07) is -0.204. The first-order valence-electron chi connectivity index (χ1n) is 8.92. The first-order valence-corrected chi connectivity index (χ1v) is 8.92. The van der Waals surface area contributed by atoms with Gasteiger partial charge in [-0.3, -0.25) is 9.59 Å². The zero-order valence-corrected chi connectivity index (χ0v) is 15.3. The Morgan fingerprint density at radius 3 is 2.68 bits per heavy atom. The van der Waals surface area contributed by atoms with E-state index in [4.69, 9.17) is 10.5 Å². The second-order valence-electron chi connectivity index (χ2n) is 6.63. The molecule has 0 spiro atoms. The van der Waals surface area contributed by atoms with E-state index in [9.17, 15) is 9.59 Å². The number of nitrogens with zero attached hydrogens (tertiary/aromatic N) is 3. The van der Waals surface area contributed by atoms with Gasteiger partial charge in [-0.25, -0.2) is 9.97 Å². The molecule has 2 unspecified atom stereocenters. The van der Waals surface area contributed by atoms with Gasteiger partial charge in [0.25, 0.3) is 0 Å². The summed E-state index contributed by atoms with van der Waals surface area (Å²) in [6.45, 7) is 6.67. The number of rotatable bonds is 8. The second-order valence-corrected chi connectivity index (χ2v) is 6.63. The molecule has 7 nitrogen and oxygen atoms in total. The van der Waals surface area contributed by atoms with Crippen molar-refractivity contribution in [3.05, 3.63) is 23.8 Å². The van der Waals surface area contributed by atoms with Gasteiger partial charge in [0, 0.05) is 25.0 Å². The number of carbonyl (C=O) groups is 2. The Morgan fingerprint density at radius 1 is 1.44 bits per heavy atom. The Bertz CT molecular complexity index is 590. The maximum Gasteiger partial charge on any atom is 0.306 e. The number of nitrogens with two attached hydrogens (primary N) is 1. The van der Waals surface area contributed by atoms with Crippen LogP contribution in [0.2, 0.25) is 0 Å². The van der Waals surface area contributed by atoms with Crippen molar-refractivity contribution in [1.29, 1.82) is 0 Å². The van der Waals surface area contributed by atoms with Gasteiger partial charge in [0.05, 0.1) is 19.1 Å². The molecule has 7 heteroatoms. The van der Waals surface area contributed by atoms with Crippen LogP contribution in [0.1, 0.15) is 56.8 Å². The van der Waals surface area contributed by atoms with Crippen molar-refractivity contribution in [3.8, 4) is 0 Å². The number of ether oxygens (including phenoxy) is 1. The van der Waals surface area contributed by atoms with Crippen molar-refractivity contribution in [2.45, 2.75) is 64.5 Å². The molecule has 0 saturated carbocycles. The lowest BCUT2D eigenvalue weighted by atomic mass is 9.93. The highest BCUT2D eigenvalue weighted by Gasteiger charge is 2.34. The molecule has 0 aliphatic carbocycles. The predicted molar refractivity (Wildman–Crippen MR) is 93.8 cm³/mol. The SMILES string of the molecule is CCOC(=O)C[C@H](CCCN1C(=O)C(N)CC1C)c1cnc(C)nc1. The van der Waals surface area contributed by atoms with Crippen LogP contribution in [0.15, 0.2) is 12.4 Å². The van der Waals surface area contributed by atoms with E-state index in [1.165, 1.54) is 0 Å². The second kappa shape index (κ2) is 8.89. The molecule has 2 rings (SSSR count). The van der Waals surface area contributed by atoms with Crippen LogP contribution >= 0.6 is 0 Å². The monoisotopic (exact) mass is 348 g/mol. The van der Waals surface area contributed by atoms with Crippen molar-refractivity contribution in [2.24, 2.45) is 5.73 Å². The molecule has 1 saturated heterocycles. The van der Waals surface area contributed by atoms with Crippen molar-refractivity contribution < 1.29 is 14.3 Å². The zero-order chi connectivity index (χ0) is 18.4. The van der Waals surface area contributed by atoms with Gasteiger partial charge in [-0.1, -0.05) is 0 Å². The molecule has 1 amide bonds. The maximum atomic E-state index is 12.1.